The van der Waals surface area contributed by atoms with Gasteiger partial charge in [0.25, 0.3) is 0 Å². The molecule has 0 aliphatic carbocycles. The first-order valence-electron chi connectivity index (χ1n) is 6.33. The van der Waals surface area contributed by atoms with Crippen molar-refractivity contribution in [3.63, 3.8) is 0 Å². The lowest BCUT2D eigenvalue weighted by atomic mass is 9.76. The highest BCUT2D eigenvalue weighted by Gasteiger charge is 2.37. The zero-order valence-corrected chi connectivity index (χ0v) is 10.7. The predicted octanol–water partition coefficient (Wildman–Crippen LogP) is 1.29. The van der Waals surface area contributed by atoms with Gasteiger partial charge in [-0.15, -0.1) is 0 Å². The van der Waals surface area contributed by atoms with Crippen LogP contribution in [0.5, 0.6) is 0 Å². The molecule has 1 saturated heterocycles. The average molecular weight is 239 g/mol. The fraction of sp³-hybridized carbons (Fsp3) is 0.833. The molecule has 0 radical (unpaired) electrons. The van der Waals surface area contributed by atoms with Crippen LogP contribution in [0.2, 0.25) is 0 Å². The summed E-state index contributed by atoms with van der Waals surface area (Å²) < 4.78 is 10.5. The second-order valence-corrected chi connectivity index (χ2v) is 4.64. The highest BCUT2D eigenvalue weighted by Crippen LogP contribution is 2.35. The Kier molecular flexibility index (Phi) is 4.12. The molecular formula is C12H21N3O2. The van der Waals surface area contributed by atoms with Gasteiger partial charge in [0.2, 0.25) is 5.89 Å². The molecule has 1 aromatic rings. The van der Waals surface area contributed by atoms with Crippen molar-refractivity contribution < 1.29 is 9.26 Å². The predicted molar refractivity (Wildman–Crippen MR) is 64.0 cm³/mol. The summed E-state index contributed by atoms with van der Waals surface area (Å²) in [6, 6.07) is 0. The minimum Gasteiger partial charge on any atom is -0.384 e. The van der Waals surface area contributed by atoms with Gasteiger partial charge in [0.05, 0.1) is 12.0 Å². The first-order valence-corrected chi connectivity index (χ1v) is 6.33. The van der Waals surface area contributed by atoms with E-state index in [1.54, 1.807) is 7.11 Å². The Morgan fingerprint density at radius 3 is 2.82 bits per heavy atom. The zero-order valence-electron chi connectivity index (χ0n) is 10.7. The number of hydrogen-bond donors (Lipinski definition) is 1. The lowest BCUT2D eigenvalue weighted by Crippen LogP contribution is -2.39. The molecule has 2 rings (SSSR count). The fourth-order valence-corrected chi connectivity index (χ4v) is 2.39. The second kappa shape index (κ2) is 5.60. The van der Waals surface area contributed by atoms with Gasteiger partial charge in [0, 0.05) is 13.5 Å². The summed E-state index contributed by atoms with van der Waals surface area (Å²) in [4.78, 5) is 4.53. The van der Waals surface area contributed by atoms with Crippen molar-refractivity contribution in [3.05, 3.63) is 11.7 Å². The van der Waals surface area contributed by atoms with Crippen LogP contribution in [-0.4, -0.2) is 36.9 Å². The smallest absolute Gasteiger partial charge is 0.232 e. The number of nitrogens with zero attached hydrogens (tertiary/aromatic N) is 2. The van der Waals surface area contributed by atoms with Crippen molar-refractivity contribution in [2.75, 3.05) is 26.8 Å². The largest absolute Gasteiger partial charge is 0.384 e. The number of ether oxygens (including phenoxy) is 1. The van der Waals surface area contributed by atoms with Gasteiger partial charge in [-0.05, 0) is 32.4 Å². The van der Waals surface area contributed by atoms with Crippen molar-refractivity contribution in [2.24, 2.45) is 0 Å². The summed E-state index contributed by atoms with van der Waals surface area (Å²) in [5, 5.41) is 7.41. The van der Waals surface area contributed by atoms with E-state index in [0.29, 0.717) is 6.61 Å². The second-order valence-electron chi connectivity index (χ2n) is 4.64. The average Bonchev–Trinajstić information content (AvgIpc) is 2.86. The van der Waals surface area contributed by atoms with Crippen LogP contribution in [0.1, 0.15) is 37.9 Å². The van der Waals surface area contributed by atoms with Crippen LogP contribution in [0, 0.1) is 0 Å². The molecule has 1 N–H and O–H groups in total. The van der Waals surface area contributed by atoms with E-state index in [2.05, 4.69) is 22.4 Å². The molecule has 0 bridgehead atoms. The lowest BCUT2D eigenvalue weighted by molar-refractivity contribution is 0.198. The summed E-state index contributed by atoms with van der Waals surface area (Å²) in [5.41, 5.74) is 0.0869. The van der Waals surface area contributed by atoms with Gasteiger partial charge in [0.1, 0.15) is 0 Å². The van der Waals surface area contributed by atoms with Crippen molar-refractivity contribution in [3.8, 4) is 0 Å². The van der Waals surface area contributed by atoms with Crippen LogP contribution in [-0.2, 0) is 16.6 Å². The highest BCUT2D eigenvalue weighted by atomic mass is 16.5. The van der Waals surface area contributed by atoms with Gasteiger partial charge in [-0.3, -0.25) is 0 Å². The van der Waals surface area contributed by atoms with E-state index in [4.69, 9.17) is 9.26 Å². The van der Waals surface area contributed by atoms with E-state index in [0.717, 1.165) is 50.5 Å². The van der Waals surface area contributed by atoms with Gasteiger partial charge in [-0.25, -0.2) is 0 Å². The summed E-state index contributed by atoms with van der Waals surface area (Å²) in [6.45, 7) is 4.90. The minimum absolute atomic E-state index is 0.0869. The Labute approximate surface area is 102 Å². The number of methoxy groups -OCH3 is 1. The molecule has 1 aromatic heterocycles. The Bertz CT molecular complexity index is 345. The third kappa shape index (κ3) is 2.66. The molecular weight excluding hydrogens is 218 g/mol. The number of piperidine rings is 1. The van der Waals surface area contributed by atoms with E-state index in [1.807, 2.05) is 0 Å². The highest BCUT2D eigenvalue weighted by molar-refractivity contribution is 5.07. The summed E-state index contributed by atoms with van der Waals surface area (Å²) in [7, 11) is 1.68. The Balaban J connectivity index is 2.10. The lowest BCUT2D eigenvalue weighted by Gasteiger charge is -2.33. The molecule has 0 spiro atoms. The van der Waals surface area contributed by atoms with Crippen LogP contribution in [0.15, 0.2) is 4.52 Å². The molecule has 2 heterocycles. The Morgan fingerprint density at radius 2 is 2.18 bits per heavy atom. The van der Waals surface area contributed by atoms with Gasteiger partial charge >= 0.3 is 0 Å². The standard InChI is InChI=1S/C12H21N3O2/c1-3-12(5-7-13-8-6-12)11-14-10(15-17-11)4-9-16-2/h13H,3-9H2,1-2H3. The molecule has 1 aliphatic heterocycles. The molecule has 5 heteroatoms. The molecule has 5 nitrogen and oxygen atoms in total. The third-order valence-corrected chi connectivity index (χ3v) is 3.69. The molecule has 1 aliphatic rings. The number of aromatic nitrogens is 2. The maximum atomic E-state index is 5.45. The summed E-state index contributed by atoms with van der Waals surface area (Å²) >= 11 is 0. The number of rotatable bonds is 5. The van der Waals surface area contributed by atoms with Gasteiger partial charge in [0.15, 0.2) is 5.82 Å². The molecule has 96 valence electrons. The van der Waals surface area contributed by atoms with E-state index in [-0.39, 0.29) is 5.41 Å². The minimum atomic E-state index is 0.0869. The summed E-state index contributed by atoms with van der Waals surface area (Å²) in [5.74, 6) is 1.57. The van der Waals surface area contributed by atoms with Gasteiger partial charge in [-0.1, -0.05) is 12.1 Å². The van der Waals surface area contributed by atoms with Gasteiger partial charge in [-0.2, -0.15) is 4.98 Å². The SMILES string of the molecule is CCC1(c2nc(CCOC)no2)CCNCC1. The molecule has 0 saturated carbocycles. The first kappa shape index (κ1) is 12.5. The maximum Gasteiger partial charge on any atom is 0.232 e. The number of hydrogen-bond acceptors (Lipinski definition) is 5. The zero-order chi connectivity index (χ0) is 12.1. The molecule has 0 unspecified atom stereocenters. The first-order chi connectivity index (χ1) is 8.30. The van der Waals surface area contributed by atoms with E-state index in [9.17, 15) is 0 Å². The summed E-state index contributed by atoms with van der Waals surface area (Å²) in [6.07, 6.45) is 3.93. The van der Waals surface area contributed by atoms with Crippen LogP contribution >= 0.6 is 0 Å². The van der Waals surface area contributed by atoms with Crippen LogP contribution in [0.25, 0.3) is 0 Å². The number of nitrogens with one attached hydrogen (secondary N) is 1. The van der Waals surface area contributed by atoms with Crippen LogP contribution < -0.4 is 5.32 Å². The molecule has 0 aromatic carbocycles. The van der Waals surface area contributed by atoms with Gasteiger partial charge < -0.3 is 14.6 Å². The quantitative estimate of drug-likeness (QED) is 0.839. The van der Waals surface area contributed by atoms with Crippen LogP contribution in [0.4, 0.5) is 0 Å². The molecule has 1 fully saturated rings. The maximum absolute atomic E-state index is 5.45. The van der Waals surface area contributed by atoms with Crippen LogP contribution in [0.3, 0.4) is 0 Å². The van der Waals surface area contributed by atoms with E-state index >= 15 is 0 Å². The van der Waals surface area contributed by atoms with Crippen molar-refractivity contribution in [1.29, 1.82) is 0 Å². The van der Waals surface area contributed by atoms with E-state index in [1.165, 1.54) is 0 Å². The normalized spacial score (nSPS) is 19.4. The third-order valence-electron chi connectivity index (χ3n) is 3.69. The Hall–Kier alpha value is -0.940. The molecule has 0 atom stereocenters. The van der Waals surface area contributed by atoms with Crippen molar-refractivity contribution in [1.82, 2.24) is 15.5 Å². The fourth-order valence-electron chi connectivity index (χ4n) is 2.39. The molecule has 0 amide bonds. The monoisotopic (exact) mass is 239 g/mol. The topological polar surface area (TPSA) is 60.2 Å². The van der Waals surface area contributed by atoms with Crippen molar-refractivity contribution in [2.45, 2.75) is 38.0 Å². The van der Waals surface area contributed by atoms with Crippen molar-refractivity contribution >= 4 is 0 Å². The van der Waals surface area contributed by atoms with E-state index < -0.39 is 0 Å². The Morgan fingerprint density at radius 1 is 1.41 bits per heavy atom. The molecule has 17 heavy (non-hydrogen) atoms.